The predicted molar refractivity (Wildman–Crippen MR) is 397 cm³/mol. The Balaban J connectivity index is 3.91. The Morgan fingerprint density at radius 3 is 0.859 bits per heavy atom. The van der Waals surface area contributed by atoms with Crippen molar-refractivity contribution in [2.24, 2.45) is 0 Å². The number of ether oxygens (including phenoxy) is 2. The van der Waals surface area contributed by atoms with E-state index in [0.29, 0.717) is 17.4 Å². The number of likely N-dealkylation sites (N-methyl/N-ethyl adjacent to an activating group) is 1. The largest absolute Gasteiger partial charge is 0.756 e. The quantitative estimate of drug-likeness (QED) is 0.0195. The molecule has 0 fully saturated rings. The van der Waals surface area contributed by atoms with E-state index in [1.807, 2.05) is 21.1 Å². The summed E-state index contributed by atoms with van der Waals surface area (Å²) in [4.78, 5) is 38.2. The van der Waals surface area contributed by atoms with Crippen LogP contribution in [0.15, 0.2) is 48.6 Å². The molecule has 542 valence electrons. The van der Waals surface area contributed by atoms with Crippen molar-refractivity contribution < 1.29 is 42.1 Å². The van der Waals surface area contributed by atoms with Crippen LogP contribution in [0.25, 0.3) is 0 Å². The first kappa shape index (κ1) is 90.0. The molecule has 92 heavy (non-hydrogen) atoms. The Bertz CT molecular complexity index is 1690. The number of phosphoric ester groups is 1. The number of allylic oxidation sites excluding steroid dienone is 8. The van der Waals surface area contributed by atoms with Gasteiger partial charge in [0.05, 0.1) is 27.7 Å². The van der Waals surface area contributed by atoms with Crippen LogP contribution < -0.4 is 4.89 Å². The van der Waals surface area contributed by atoms with Crippen LogP contribution in [-0.4, -0.2) is 70.0 Å². The second kappa shape index (κ2) is 73.2. The number of phosphoric acid groups is 1. The molecule has 0 heterocycles. The van der Waals surface area contributed by atoms with Crippen LogP contribution in [0.4, 0.5) is 0 Å². The summed E-state index contributed by atoms with van der Waals surface area (Å²) in [5.74, 6) is -0.808. The number of carbonyl (C=O) groups is 2. The van der Waals surface area contributed by atoms with Crippen molar-refractivity contribution in [3.05, 3.63) is 48.6 Å². The number of rotatable bonds is 76. The van der Waals surface area contributed by atoms with Crippen molar-refractivity contribution in [2.75, 3.05) is 47.5 Å². The molecule has 0 bridgehead atoms. The third-order valence-electron chi connectivity index (χ3n) is 18.3. The molecule has 0 radical (unpaired) electrons. The van der Waals surface area contributed by atoms with Crippen molar-refractivity contribution in [1.29, 1.82) is 0 Å². The van der Waals surface area contributed by atoms with Crippen LogP contribution in [0.3, 0.4) is 0 Å². The first-order valence-electron chi connectivity index (χ1n) is 40.3. The molecule has 0 aromatic rings. The van der Waals surface area contributed by atoms with Crippen LogP contribution in [0.1, 0.15) is 412 Å². The van der Waals surface area contributed by atoms with Crippen LogP contribution >= 0.6 is 7.82 Å². The molecule has 0 aliphatic rings. The lowest BCUT2D eigenvalue weighted by Gasteiger charge is -2.28. The van der Waals surface area contributed by atoms with E-state index in [-0.39, 0.29) is 32.0 Å². The van der Waals surface area contributed by atoms with Crippen LogP contribution in [0.5, 0.6) is 0 Å². The zero-order valence-electron chi connectivity index (χ0n) is 62.0. The van der Waals surface area contributed by atoms with Crippen molar-refractivity contribution >= 4 is 19.8 Å². The summed E-state index contributed by atoms with van der Waals surface area (Å²) in [7, 11) is 1.19. The molecule has 0 aromatic carbocycles. The van der Waals surface area contributed by atoms with Crippen molar-refractivity contribution in [3.8, 4) is 0 Å². The molecule has 0 aliphatic heterocycles. The number of hydrogen-bond acceptors (Lipinski definition) is 8. The van der Waals surface area contributed by atoms with E-state index in [9.17, 15) is 19.0 Å². The molecule has 0 N–H and O–H groups in total. The maximum absolute atomic E-state index is 12.9. The fraction of sp³-hybridized carbons (Fsp3) is 0.878. The molecule has 0 amide bonds. The van der Waals surface area contributed by atoms with Gasteiger partial charge >= 0.3 is 11.9 Å². The zero-order valence-corrected chi connectivity index (χ0v) is 62.9. The summed E-state index contributed by atoms with van der Waals surface area (Å²) in [6.07, 6.45) is 96.7. The minimum absolute atomic E-state index is 0.0278. The van der Waals surface area contributed by atoms with Crippen molar-refractivity contribution in [3.63, 3.8) is 0 Å². The highest BCUT2D eigenvalue weighted by molar-refractivity contribution is 7.45. The smallest absolute Gasteiger partial charge is 0.306 e. The SMILES string of the molecule is CCCCCCC/C=C\C/C=C\CCCCCCCCCCCCCCCCCCCCCCCCCC(=O)OC(COC(=O)CCCCCCCCCCCCCCCCCCCCCCC/C=C\C/C=C\CCCCCCC)COP(=O)([O-])OCC[N+](C)(C)C. The second-order valence-electron chi connectivity index (χ2n) is 28.8. The van der Waals surface area contributed by atoms with Gasteiger partial charge in [-0.3, -0.25) is 14.2 Å². The molecule has 2 unspecified atom stereocenters. The van der Waals surface area contributed by atoms with Gasteiger partial charge in [-0.25, -0.2) is 0 Å². The third kappa shape index (κ3) is 77.0. The molecule has 0 saturated heterocycles. The normalized spacial score (nSPS) is 13.2. The fourth-order valence-electron chi connectivity index (χ4n) is 12.1. The summed E-state index contributed by atoms with van der Waals surface area (Å²) in [6.45, 7) is 4.30. The molecule has 0 aromatic heterocycles. The summed E-state index contributed by atoms with van der Waals surface area (Å²) in [5.41, 5.74) is 0. The van der Waals surface area contributed by atoms with Gasteiger partial charge in [-0.2, -0.15) is 0 Å². The van der Waals surface area contributed by atoms with Gasteiger partial charge in [0.2, 0.25) is 0 Å². The minimum atomic E-state index is -4.64. The molecule has 10 heteroatoms. The summed E-state index contributed by atoms with van der Waals surface area (Å²) < 4.78 is 34.4. The van der Waals surface area contributed by atoms with E-state index in [1.54, 1.807) is 0 Å². The number of quaternary nitrogens is 1. The van der Waals surface area contributed by atoms with E-state index in [1.165, 1.54) is 334 Å². The van der Waals surface area contributed by atoms with Crippen molar-refractivity contribution in [1.82, 2.24) is 0 Å². The first-order valence-corrected chi connectivity index (χ1v) is 41.8. The van der Waals surface area contributed by atoms with E-state index in [4.69, 9.17) is 18.5 Å². The summed E-state index contributed by atoms with van der Waals surface area (Å²) >= 11 is 0. The van der Waals surface area contributed by atoms with Gasteiger partial charge in [0.1, 0.15) is 19.8 Å². The van der Waals surface area contributed by atoms with Gasteiger partial charge in [-0.05, 0) is 77.0 Å². The molecule has 0 spiro atoms. The molecular weight excluding hydrogens is 1160 g/mol. The van der Waals surface area contributed by atoms with Gasteiger partial charge in [0, 0.05) is 12.8 Å². The average molecular weight is 1320 g/mol. The maximum atomic E-state index is 12.9. The molecule has 2 atom stereocenters. The lowest BCUT2D eigenvalue weighted by molar-refractivity contribution is -0.870. The number of esters is 2. The molecule has 0 rings (SSSR count). The van der Waals surface area contributed by atoms with E-state index in [0.717, 1.165) is 44.9 Å². The maximum Gasteiger partial charge on any atom is 0.306 e. The van der Waals surface area contributed by atoms with Gasteiger partial charge in [-0.15, -0.1) is 0 Å². The molecular formula is C82H156NO8P. The lowest BCUT2D eigenvalue weighted by Crippen LogP contribution is -2.37. The Hall–Kier alpha value is -2.03. The standard InChI is InChI=1S/C82H156NO8P/c1-6-8-10-12-14-16-18-20-22-24-26-28-30-32-34-36-38-40-41-43-45-47-49-51-53-55-57-59-61-63-65-67-69-71-73-75-82(85)91-80(79-90-92(86,87)89-77-76-83(3,4)5)78-88-81(84)74-72-70-68-66-64-62-60-58-56-54-52-50-48-46-44-42-39-37-35-33-31-29-27-25-23-21-19-17-15-13-11-9-7-2/h18-21,24-27,80H,6-17,22-23,28-79H2,1-5H3/b20-18-,21-19-,26-24-,27-25-. The highest BCUT2D eigenvalue weighted by atomic mass is 31.2. The summed E-state index contributed by atoms with van der Waals surface area (Å²) in [6, 6.07) is 0. The van der Waals surface area contributed by atoms with Gasteiger partial charge < -0.3 is 27.9 Å². The van der Waals surface area contributed by atoms with E-state index in [2.05, 4.69) is 62.5 Å². The monoisotopic (exact) mass is 1310 g/mol. The number of unbranched alkanes of at least 4 members (excludes halogenated alkanes) is 54. The van der Waals surface area contributed by atoms with Crippen LogP contribution in [-0.2, 0) is 32.7 Å². The summed E-state index contributed by atoms with van der Waals surface area (Å²) in [5, 5.41) is 0. The number of carbonyl (C=O) groups excluding carboxylic acids is 2. The number of hydrogen-bond donors (Lipinski definition) is 0. The van der Waals surface area contributed by atoms with Crippen LogP contribution in [0.2, 0.25) is 0 Å². The van der Waals surface area contributed by atoms with E-state index >= 15 is 0 Å². The Morgan fingerprint density at radius 1 is 0.337 bits per heavy atom. The molecule has 9 nitrogen and oxygen atoms in total. The first-order chi connectivity index (χ1) is 45.0. The fourth-order valence-corrected chi connectivity index (χ4v) is 12.9. The van der Waals surface area contributed by atoms with Crippen molar-refractivity contribution in [2.45, 2.75) is 418 Å². The highest BCUT2D eigenvalue weighted by Gasteiger charge is 2.22. The van der Waals surface area contributed by atoms with Gasteiger partial charge in [0.15, 0.2) is 6.10 Å². The average Bonchev–Trinajstić information content (AvgIpc) is 2.14. The zero-order chi connectivity index (χ0) is 66.9. The van der Waals surface area contributed by atoms with Crippen LogP contribution in [0, 0.1) is 0 Å². The minimum Gasteiger partial charge on any atom is -0.756 e. The second-order valence-corrected chi connectivity index (χ2v) is 30.2. The topological polar surface area (TPSA) is 111 Å². The molecule has 0 saturated carbocycles. The van der Waals surface area contributed by atoms with Gasteiger partial charge in [0.25, 0.3) is 7.82 Å². The molecule has 0 aliphatic carbocycles. The lowest BCUT2D eigenvalue weighted by atomic mass is 10.0. The Morgan fingerprint density at radius 2 is 0.587 bits per heavy atom. The van der Waals surface area contributed by atoms with E-state index < -0.39 is 26.5 Å². The Kier molecular flexibility index (Phi) is 71.6. The Labute approximate surface area is 573 Å². The predicted octanol–water partition coefficient (Wildman–Crippen LogP) is 26.1. The van der Waals surface area contributed by atoms with Gasteiger partial charge in [-0.1, -0.05) is 371 Å². The third-order valence-corrected chi connectivity index (χ3v) is 19.3. The highest BCUT2D eigenvalue weighted by Crippen LogP contribution is 2.38. The number of nitrogens with zero attached hydrogens (tertiary/aromatic N) is 1.